The predicted octanol–water partition coefficient (Wildman–Crippen LogP) is 7.88. The van der Waals surface area contributed by atoms with Gasteiger partial charge in [-0.2, -0.15) is 0 Å². The fourth-order valence-corrected chi connectivity index (χ4v) is 9.48. The van der Waals surface area contributed by atoms with Crippen LogP contribution in [0.1, 0.15) is 57.1 Å². The Morgan fingerprint density at radius 2 is 1.62 bits per heavy atom. The first-order chi connectivity index (χ1) is 30.7. The number of aromatic hydroxyl groups is 1. The Morgan fingerprint density at radius 1 is 0.922 bits per heavy atom. The van der Waals surface area contributed by atoms with Crippen LogP contribution in [-0.2, 0) is 30.4 Å². The molecule has 2 fully saturated rings. The smallest absolute Gasteiger partial charge is 0.246 e. The van der Waals surface area contributed by atoms with Crippen molar-refractivity contribution in [3.05, 3.63) is 113 Å². The van der Waals surface area contributed by atoms with Crippen LogP contribution in [0, 0.1) is 11.2 Å². The molecule has 3 atom stereocenters. The number of benzene rings is 4. The van der Waals surface area contributed by atoms with Gasteiger partial charge in [0.1, 0.15) is 36.0 Å². The number of fused-ring (bicyclic) bond motifs is 1. The van der Waals surface area contributed by atoms with Crippen molar-refractivity contribution in [3.8, 4) is 27.7 Å². The van der Waals surface area contributed by atoms with Gasteiger partial charge in [0.25, 0.3) is 0 Å². The fraction of sp³-hybridized carbons (Fsp3) is 0.408. The van der Waals surface area contributed by atoms with Crippen LogP contribution in [0.3, 0.4) is 0 Å². The van der Waals surface area contributed by atoms with Gasteiger partial charge in [0.05, 0.1) is 30.8 Å². The molecule has 12 nitrogen and oxygen atoms in total. The number of nitrogens with one attached hydrogen (secondary N) is 2. The molecule has 15 heteroatoms. The molecule has 0 spiro atoms. The topological polar surface area (TPSA) is 150 Å². The van der Waals surface area contributed by atoms with Crippen LogP contribution < -0.4 is 15.4 Å². The number of carbonyl (C=O) groups excluding carboxylic acids is 3. The Bertz CT molecular complexity index is 2370. The van der Waals surface area contributed by atoms with Gasteiger partial charge in [0.15, 0.2) is 5.75 Å². The van der Waals surface area contributed by atoms with Crippen molar-refractivity contribution in [2.45, 2.75) is 70.7 Å². The number of β-amino-alcohol motifs (C(OH)–C–C–N with tert-alkyl or cyclic N) is 1. The number of thiophene rings is 1. The number of amides is 3. The standard InChI is InChI=1S/C49H56ClFN4O8S/c1-49(2,3)46(48(60)55-29-38(57)26-41(55)47(59)52-28-31-4-10-35(50)11-5-31)53-43(58)30-62-25-24-61-23-22-54-20-18-33(19-21-54)32-8-15-39(16-9-32)63-44-40-17-14-37(56)27-42(40)64-45(44)34-6-12-36(51)13-7-34/h4-17,27,33,38,41,46,56-57H,18-26,28-30H2,1-3H3,(H,52,59)(H,53,58)/t38-,41+,46?/m1/s1. The number of ether oxygens (including phenoxy) is 3. The summed E-state index contributed by atoms with van der Waals surface area (Å²) in [5.74, 6) is 0.384. The predicted molar refractivity (Wildman–Crippen MR) is 246 cm³/mol. The van der Waals surface area contributed by atoms with E-state index in [4.69, 9.17) is 25.8 Å². The maximum atomic E-state index is 13.8. The molecular formula is C49H56ClFN4O8S. The average molecular weight is 916 g/mol. The first-order valence-corrected chi connectivity index (χ1v) is 22.9. The lowest BCUT2D eigenvalue weighted by Crippen LogP contribution is -2.58. The van der Waals surface area contributed by atoms with Gasteiger partial charge in [0, 0.05) is 41.2 Å². The van der Waals surface area contributed by atoms with Gasteiger partial charge in [-0.1, -0.05) is 68.8 Å². The number of hydrogen-bond donors (Lipinski definition) is 4. The summed E-state index contributed by atoms with van der Waals surface area (Å²) in [5.41, 5.74) is 2.26. The van der Waals surface area contributed by atoms with E-state index in [1.165, 1.54) is 33.9 Å². The molecule has 0 saturated carbocycles. The Kier molecular flexibility index (Phi) is 15.6. The Morgan fingerprint density at radius 3 is 2.33 bits per heavy atom. The molecule has 4 aromatic carbocycles. The Labute approximate surface area is 382 Å². The van der Waals surface area contributed by atoms with Gasteiger partial charge in [-0.3, -0.25) is 14.4 Å². The molecule has 1 aromatic heterocycles. The Balaban J connectivity index is 0.803. The number of nitrogens with zero attached hydrogens (tertiary/aromatic N) is 2. The van der Waals surface area contributed by atoms with E-state index in [1.807, 2.05) is 39.0 Å². The molecule has 3 heterocycles. The molecule has 2 saturated heterocycles. The van der Waals surface area contributed by atoms with E-state index in [0.29, 0.717) is 35.7 Å². The second kappa shape index (κ2) is 21.3. The summed E-state index contributed by atoms with van der Waals surface area (Å²) >= 11 is 7.46. The first kappa shape index (κ1) is 46.9. The number of phenols is 1. The molecular weight excluding hydrogens is 859 g/mol. The number of aliphatic hydroxyl groups is 1. The minimum atomic E-state index is -0.951. The lowest BCUT2D eigenvalue weighted by Gasteiger charge is -2.35. The second-order valence-corrected chi connectivity index (χ2v) is 19.0. The largest absolute Gasteiger partial charge is 0.508 e. The molecule has 2 aliphatic heterocycles. The summed E-state index contributed by atoms with van der Waals surface area (Å²) in [6, 6.07) is 25.0. The van der Waals surface area contributed by atoms with Crippen molar-refractivity contribution in [2.24, 2.45) is 5.41 Å². The highest BCUT2D eigenvalue weighted by atomic mass is 35.5. The zero-order valence-corrected chi connectivity index (χ0v) is 37.9. The molecule has 340 valence electrons. The molecule has 4 N–H and O–H groups in total. The summed E-state index contributed by atoms with van der Waals surface area (Å²) in [5, 5.41) is 27.7. The maximum absolute atomic E-state index is 13.8. The van der Waals surface area contributed by atoms with Gasteiger partial charge in [-0.25, -0.2) is 4.39 Å². The first-order valence-electron chi connectivity index (χ1n) is 21.7. The van der Waals surface area contributed by atoms with E-state index in [-0.39, 0.29) is 50.2 Å². The highest BCUT2D eigenvalue weighted by Crippen LogP contribution is 2.47. The third kappa shape index (κ3) is 12.2. The maximum Gasteiger partial charge on any atom is 0.246 e. The third-order valence-corrected chi connectivity index (χ3v) is 13.1. The lowest BCUT2D eigenvalue weighted by atomic mass is 9.85. The van der Waals surface area contributed by atoms with Gasteiger partial charge in [-0.05, 0) is 109 Å². The summed E-state index contributed by atoms with van der Waals surface area (Å²) in [4.78, 5) is 44.6. The highest BCUT2D eigenvalue weighted by molar-refractivity contribution is 7.22. The lowest BCUT2D eigenvalue weighted by molar-refractivity contribution is -0.144. The Hall–Kier alpha value is -5.09. The van der Waals surface area contributed by atoms with Crippen molar-refractivity contribution in [3.63, 3.8) is 0 Å². The molecule has 0 bridgehead atoms. The summed E-state index contributed by atoms with van der Waals surface area (Å²) in [6.45, 7) is 9.18. The number of hydrogen-bond acceptors (Lipinski definition) is 10. The monoisotopic (exact) mass is 914 g/mol. The minimum Gasteiger partial charge on any atom is -0.508 e. The van der Waals surface area contributed by atoms with Gasteiger partial charge < -0.3 is 44.9 Å². The van der Waals surface area contributed by atoms with Crippen LogP contribution in [0.25, 0.3) is 20.5 Å². The zero-order valence-electron chi connectivity index (χ0n) is 36.4. The van der Waals surface area contributed by atoms with Crippen molar-refractivity contribution < 1.29 is 43.2 Å². The zero-order chi connectivity index (χ0) is 45.4. The van der Waals surface area contributed by atoms with Crippen LogP contribution in [0.2, 0.25) is 5.02 Å². The van der Waals surface area contributed by atoms with E-state index >= 15 is 0 Å². The van der Waals surface area contributed by atoms with Crippen LogP contribution >= 0.6 is 22.9 Å². The molecule has 7 rings (SSSR count). The van der Waals surface area contributed by atoms with Crippen LogP contribution in [-0.4, -0.2) is 109 Å². The SMILES string of the molecule is CC(C)(C)C(NC(=O)COCCOCCN1CCC(c2ccc(Oc3c(-c4ccc(F)cc4)sc4cc(O)ccc34)cc2)CC1)C(=O)N1C[C@H](O)C[C@H]1C(=O)NCc1ccc(Cl)cc1. The summed E-state index contributed by atoms with van der Waals surface area (Å²) in [7, 11) is 0. The summed E-state index contributed by atoms with van der Waals surface area (Å²) in [6.07, 6.45) is 1.27. The molecule has 64 heavy (non-hydrogen) atoms. The van der Waals surface area contributed by atoms with E-state index in [2.05, 4.69) is 27.7 Å². The highest BCUT2D eigenvalue weighted by Gasteiger charge is 2.44. The van der Waals surface area contributed by atoms with Crippen LogP contribution in [0.5, 0.6) is 17.2 Å². The number of rotatable bonds is 17. The summed E-state index contributed by atoms with van der Waals surface area (Å²) < 4.78 is 32.5. The number of piperidine rings is 1. The fourth-order valence-electron chi connectivity index (χ4n) is 8.18. The molecule has 0 aliphatic carbocycles. The van der Waals surface area contributed by atoms with E-state index in [9.17, 15) is 29.0 Å². The quantitative estimate of drug-likeness (QED) is 0.0684. The number of phenolic OH excluding ortho intramolecular Hbond substituents is 1. The van der Waals surface area contributed by atoms with Gasteiger partial charge >= 0.3 is 0 Å². The molecule has 2 aliphatic rings. The van der Waals surface area contributed by atoms with E-state index < -0.39 is 35.4 Å². The molecule has 0 radical (unpaired) electrons. The van der Waals surface area contributed by atoms with Gasteiger partial charge in [-0.15, -0.1) is 11.3 Å². The molecule has 5 aromatic rings. The number of aliphatic hydroxyl groups excluding tert-OH is 1. The van der Waals surface area contributed by atoms with Crippen molar-refractivity contribution in [2.75, 3.05) is 52.6 Å². The van der Waals surface area contributed by atoms with Crippen molar-refractivity contribution >= 4 is 50.7 Å². The number of carbonyl (C=O) groups is 3. The third-order valence-electron chi connectivity index (χ3n) is 11.7. The van der Waals surface area contributed by atoms with Crippen LogP contribution in [0.15, 0.2) is 91.0 Å². The average Bonchev–Trinajstić information content (AvgIpc) is 3.84. The molecule has 3 amide bonds. The van der Waals surface area contributed by atoms with Crippen molar-refractivity contribution in [1.29, 1.82) is 0 Å². The number of halogens is 2. The number of likely N-dealkylation sites (tertiary alicyclic amines) is 2. The normalized spacial score (nSPS) is 17.7. The van der Waals surface area contributed by atoms with Crippen molar-refractivity contribution in [1.82, 2.24) is 20.4 Å². The van der Waals surface area contributed by atoms with Gasteiger partial charge in [0.2, 0.25) is 17.7 Å². The van der Waals surface area contributed by atoms with Crippen LogP contribution in [0.4, 0.5) is 4.39 Å². The minimum absolute atomic E-state index is 0.0113. The van der Waals surface area contributed by atoms with E-state index in [0.717, 1.165) is 58.6 Å². The van der Waals surface area contributed by atoms with E-state index in [1.54, 1.807) is 48.5 Å². The molecule has 1 unspecified atom stereocenters. The second-order valence-electron chi connectivity index (χ2n) is 17.5.